The summed E-state index contributed by atoms with van der Waals surface area (Å²) in [6.07, 6.45) is 7.55. The fourth-order valence-corrected chi connectivity index (χ4v) is 3.29. The van der Waals surface area contributed by atoms with Crippen LogP contribution in [0.15, 0.2) is 5.16 Å². The number of aromatic nitrogens is 4. The quantitative estimate of drug-likeness (QED) is 0.579. The van der Waals surface area contributed by atoms with Gasteiger partial charge in [0.15, 0.2) is 0 Å². The molecule has 0 saturated heterocycles. The van der Waals surface area contributed by atoms with Gasteiger partial charge in [0.25, 0.3) is 0 Å². The van der Waals surface area contributed by atoms with E-state index in [9.17, 15) is 0 Å². The predicted octanol–water partition coefficient (Wildman–Crippen LogP) is 2.27. The molecule has 0 spiro atoms. The van der Waals surface area contributed by atoms with Crippen LogP contribution in [-0.4, -0.2) is 39.0 Å². The second-order valence-electron chi connectivity index (χ2n) is 4.75. The highest BCUT2D eigenvalue weighted by Crippen LogP contribution is 2.31. The minimum Gasteiger partial charge on any atom is -0.317 e. The second-order valence-corrected chi connectivity index (χ2v) is 5.82. The fraction of sp³-hybridized carbons (Fsp3) is 0.917. The number of hydrogen-bond acceptors (Lipinski definition) is 5. The Balaban J connectivity index is 1.70. The van der Waals surface area contributed by atoms with Crippen LogP contribution in [0.4, 0.5) is 0 Å². The van der Waals surface area contributed by atoms with Crippen molar-refractivity contribution in [2.45, 2.75) is 56.6 Å². The van der Waals surface area contributed by atoms with Gasteiger partial charge < -0.3 is 5.32 Å². The molecule has 0 amide bonds. The third-order valence-electron chi connectivity index (χ3n) is 3.36. The Hall–Kier alpha value is -0.620. The Kier molecular flexibility index (Phi) is 5.93. The average molecular weight is 269 g/mol. The first-order chi connectivity index (χ1) is 8.92. The van der Waals surface area contributed by atoms with Crippen LogP contribution in [0.5, 0.6) is 0 Å². The van der Waals surface area contributed by atoms with E-state index in [1.165, 1.54) is 38.5 Å². The molecule has 0 radical (unpaired) electrons. The first-order valence-electron chi connectivity index (χ1n) is 7.03. The summed E-state index contributed by atoms with van der Waals surface area (Å²) in [4.78, 5) is 0. The molecular formula is C12H23N5S. The summed E-state index contributed by atoms with van der Waals surface area (Å²) in [5, 5.41) is 16.5. The van der Waals surface area contributed by atoms with E-state index in [1.54, 1.807) is 11.8 Å². The smallest absolute Gasteiger partial charge is 0.209 e. The maximum absolute atomic E-state index is 4.15. The van der Waals surface area contributed by atoms with E-state index in [-0.39, 0.29) is 0 Å². The maximum atomic E-state index is 4.15. The summed E-state index contributed by atoms with van der Waals surface area (Å²) < 4.78 is 2.04. The third-order valence-corrected chi connectivity index (χ3v) is 4.38. The molecule has 1 aromatic rings. The van der Waals surface area contributed by atoms with Crippen LogP contribution in [0, 0.1) is 0 Å². The van der Waals surface area contributed by atoms with E-state index in [1.807, 2.05) is 4.68 Å². The SMILES string of the molecule is CCNCCCCSc1nnnn1C1CCCC1. The molecule has 0 bridgehead atoms. The standard InChI is InChI=1S/C12H23N5S/c1-2-13-9-5-6-10-18-12-14-15-16-17(12)11-7-3-4-8-11/h11,13H,2-10H2,1H3. The van der Waals surface area contributed by atoms with Crippen molar-refractivity contribution in [1.29, 1.82) is 0 Å². The van der Waals surface area contributed by atoms with E-state index >= 15 is 0 Å². The minimum absolute atomic E-state index is 0.546. The monoisotopic (exact) mass is 269 g/mol. The second kappa shape index (κ2) is 7.74. The molecular weight excluding hydrogens is 246 g/mol. The Labute approximate surface area is 113 Å². The van der Waals surface area contributed by atoms with Gasteiger partial charge in [-0.25, -0.2) is 4.68 Å². The zero-order chi connectivity index (χ0) is 12.6. The number of hydrogen-bond donors (Lipinski definition) is 1. The molecule has 1 heterocycles. The largest absolute Gasteiger partial charge is 0.317 e. The molecule has 18 heavy (non-hydrogen) atoms. The van der Waals surface area contributed by atoms with Crippen LogP contribution in [-0.2, 0) is 0 Å². The van der Waals surface area contributed by atoms with Crippen molar-refractivity contribution in [3.8, 4) is 0 Å². The molecule has 1 fully saturated rings. The van der Waals surface area contributed by atoms with Crippen molar-refractivity contribution in [3.63, 3.8) is 0 Å². The zero-order valence-corrected chi connectivity index (χ0v) is 12.0. The van der Waals surface area contributed by atoms with Crippen LogP contribution in [0.2, 0.25) is 0 Å². The van der Waals surface area contributed by atoms with Gasteiger partial charge in [0, 0.05) is 5.75 Å². The number of rotatable bonds is 8. The van der Waals surface area contributed by atoms with Gasteiger partial charge in [-0.05, 0) is 49.2 Å². The summed E-state index contributed by atoms with van der Waals surface area (Å²) in [7, 11) is 0. The Morgan fingerprint density at radius 1 is 1.33 bits per heavy atom. The van der Waals surface area contributed by atoms with Gasteiger partial charge in [-0.2, -0.15) is 0 Å². The van der Waals surface area contributed by atoms with E-state index < -0.39 is 0 Å². The highest BCUT2D eigenvalue weighted by Gasteiger charge is 2.21. The molecule has 0 unspecified atom stereocenters. The molecule has 1 aromatic heterocycles. The number of nitrogens with zero attached hydrogens (tertiary/aromatic N) is 4. The lowest BCUT2D eigenvalue weighted by Crippen LogP contribution is -2.14. The van der Waals surface area contributed by atoms with Crippen molar-refractivity contribution >= 4 is 11.8 Å². The van der Waals surface area contributed by atoms with Crippen LogP contribution >= 0.6 is 11.8 Å². The van der Waals surface area contributed by atoms with Gasteiger partial charge >= 0.3 is 0 Å². The summed E-state index contributed by atoms with van der Waals surface area (Å²) in [5.41, 5.74) is 0. The third kappa shape index (κ3) is 3.95. The maximum Gasteiger partial charge on any atom is 0.209 e. The minimum atomic E-state index is 0.546. The summed E-state index contributed by atoms with van der Waals surface area (Å²) in [6, 6.07) is 0.546. The van der Waals surface area contributed by atoms with Crippen LogP contribution in [0.25, 0.3) is 0 Å². The van der Waals surface area contributed by atoms with Gasteiger partial charge in [0.05, 0.1) is 6.04 Å². The molecule has 2 rings (SSSR count). The van der Waals surface area contributed by atoms with Crippen LogP contribution < -0.4 is 5.32 Å². The molecule has 0 atom stereocenters. The number of unbranched alkanes of at least 4 members (excludes halogenated alkanes) is 1. The van der Waals surface area contributed by atoms with Crippen molar-refractivity contribution < 1.29 is 0 Å². The fourth-order valence-electron chi connectivity index (χ4n) is 2.35. The summed E-state index contributed by atoms with van der Waals surface area (Å²) in [5.74, 6) is 1.11. The molecule has 1 aliphatic rings. The molecule has 1 aliphatic carbocycles. The van der Waals surface area contributed by atoms with E-state index in [0.717, 1.165) is 24.0 Å². The molecule has 5 nitrogen and oxygen atoms in total. The predicted molar refractivity (Wildman–Crippen MR) is 73.8 cm³/mol. The van der Waals surface area contributed by atoms with Gasteiger partial charge in [0.1, 0.15) is 0 Å². The van der Waals surface area contributed by atoms with Gasteiger partial charge in [-0.3, -0.25) is 0 Å². The molecule has 0 aliphatic heterocycles. The number of tetrazole rings is 1. The van der Waals surface area contributed by atoms with Gasteiger partial charge in [0.2, 0.25) is 5.16 Å². The molecule has 0 aromatic carbocycles. The highest BCUT2D eigenvalue weighted by atomic mass is 32.2. The van der Waals surface area contributed by atoms with E-state index in [0.29, 0.717) is 6.04 Å². The normalized spacial score (nSPS) is 16.5. The first-order valence-corrected chi connectivity index (χ1v) is 8.01. The van der Waals surface area contributed by atoms with E-state index in [4.69, 9.17) is 0 Å². The van der Waals surface area contributed by atoms with Gasteiger partial charge in [-0.1, -0.05) is 31.5 Å². The Morgan fingerprint density at radius 3 is 2.94 bits per heavy atom. The lowest BCUT2D eigenvalue weighted by Gasteiger charge is -2.10. The molecule has 1 N–H and O–H groups in total. The topological polar surface area (TPSA) is 55.6 Å². The number of nitrogens with one attached hydrogen (secondary N) is 1. The van der Waals surface area contributed by atoms with Crippen molar-refractivity contribution in [2.24, 2.45) is 0 Å². The summed E-state index contributed by atoms with van der Waals surface area (Å²) >= 11 is 1.80. The van der Waals surface area contributed by atoms with Crippen LogP contribution in [0.3, 0.4) is 0 Å². The summed E-state index contributed by atoms with van der Waals surface area (Å²) in [6.45, 7) is 4.32. The van der Waals surface area contributed by atoms with Crippen LogP contribution in [0.1, 0.15) is 51.5 Å². The lowest BCUT2D eigenvalue weighted by molar-refractivity contribution is 0.423. The Morgan fingerprint density at radius 2 is 2.17 bits per heavy atom. The first kappa shape index (κ1) is 13.8. The molecule has 6 heteroatoms. The van der Waals surface area contributed by atoms with Gasteiger partial charge in [-0.15, -0.1) is 5.10 Å². The van der Waals surface area contributed by atoms with Crippen molar-refractivity contribution in [2.75, 3.05) is 18.8 Å². The lowest BCUT2D eigenvalue weighted by atomic mass is 10.3. The van der Waals surface area contributed by atoms with Crippen molar-refractivity contribution in [1.82, 2.24) is 25.5 Å². The average Bonchev–Trinajstić information content (AvgIpc) is 3.03. The highest BCUT2D eigenvalue weighted by molar-refractivity contribution is 7.99. The van der Waals surface area contributed by atoms with E-state index in [2.05, 4.69) is 27.8 Å². The van der Waals surface area contributed by atoms with Crippen molar-refractivity contribution in [3.05, 3.63) is 0 Å². The molecule has 1 saturated carbocycles. The zero-order valence-electron chi connectivity index (χ0n) is 11.1. The molecule has 102 valence electrons. The number of thioether (sulfide) groups is 1. The Bertz CT molecular complexity index is 335.